The molecule has 2 aliphatic rings. The number of pyridine rings is 2. The van der Waals surface area contributed by atoms with E-state index in [2.05, 4.69) is 64.7 Å². The standard InChI is InChI=1S/C28H33N5O/c1-6-23(22-11-9-21(10-12-22)20-7-8-20)32-16-19(3)33(17-18(32)2)25-15-27(34)31(5)24-13-14-26(29-4)30-28(24)25/h9-15,18-20,23H,6-8,16-17H2,1-3,5H3/t18-,19+,23?/m1/s1. The minimum Gasteiger partial charge on any atom is -0.362 e. The van der Waals surface area contributed by atoms with Gasteiger partial charge >= 0.3 is 0 Å². The van der Waals surface area contributed by atoms with E-state index < -0.39 is 0 Å². The van der Waals surface area contributed by atoms with E-state index >= 15 is 0 Å². The van der Waals surface area contributed by atoms with Crippen molar-refractivity contribution in [2.24, 2.45) is 7.05 Å². The van der Waals surface area contributed by atoms with Gasteiger partial charge in [0.05, 0.1) is 11.2 Å². The normalized spacial score (nSPS) is 22.0. The van der Waals surface area contributed by atoms with Crippen LogP contribution in [-0.4, -0.2) is 39.6 Å². The second kappa shape index (κ2) is 8.88. The summed E-state index contributed by atoms with van der Waals surface area (Å²) in [7, 11) is 1.76. The number of fused-ring (bicyclic) bond motifs is 1. The summed E-state index contributed by atoms with van der Waals surface area (Å²) < 4.78 is 1.61. The van der Waals surface area contributed by atoms with E-state index in [0.29, 0.717) is 17.9 Å². The Hall–Kier alpha value is -3.17. The zero-order valence-corrected chi connectivity index (χ0v) is 20.5. The number of benzene rings is 1. The first-order valence-corrected chi connectivity index (χ1v) is 12.4. The van der Waals surface area contributed by atoms with E-state index in [1.807, 2.05) is 6.07 Å². The number of hydrogen-bond donors (Lipinski definition) is 0. The van der Waals surface area contributed by atoms with Crippen LogP contribution in [0.3, 0.4) is 0 Å². The molecule has 1 aliphatic heterocycles. The average molecular weight is 456 g/mol. The first kappa shape index (κ1) is 22.6. The molecule has 1 saturated carbocycles. The number of rotatable bonds is 5. The van der Waals surface area contributed by atoms with Crippen LogP contribution in [0.2, 0.25) is 0 Å². The number of hydrogen-bond acceptors (Lipinski definition) is 4. The molecule has 0 amide bonds. The highest BCUT2D eigenvalue weighted by Crippen LogP contribution is 2.41. The Balaban J connectivity index is 1.45. The maximum Gasteiger partial charge on any atom is 0.270 e. The average Bonchev–Trinajstić information content (AvgIpc) is 3.69. The fourth-order valence-corrected chi connectivity index (χ4v) is 5.57. The van der Waals surface area contributed by atoms with Gasteiger partial charge in [-0.2, -0.15) is 0 Å². The Morgan fingerprint density at radius 3 is 2.47 bits per heavy atom. The van der Waals surface area contributed by atoms with Crippen molar-refractivity contribution in [3.8, 4) is 0 Å². The Labute approximate surface area is 201 Å². The van der Waals surface area contributed by atoms with Crippen molar-refractivity contribution >= 4 is 22.5 Å². The van der Waals surface area contributed by atoms with Gasteiger partial charge in [-0.05, 0) is 62.3 Å². The highest BCUT2D eigenvalue weighted by molar-refractivity contribution is 5.89. The van der Waals surface area contributed by atoms with Crippen LogP contribution in [0, 0.1) is 6.57 Å². The summed E-state index contributed by atoms with van der Waals surface area (Å²) >= 11 is 0. The van der Waals surface area contributed by atoms with Crippen molar-refractivity contribution in [3.63, 3.8) is 0 Å². The minimum absolute atomic E-state index is 0.0515. The molecule has 0 radical (unpaired) electrons. The molecule has 5 rings (SSSR count). The third-order valence-electron chi connectivity index (χ3n) is 7.67. The van der Waals surface area contributed by atoms with Crippen molar-refractivity contribution in [3.05, 3.63) is 75.4 Å². The summed E-state index contributed by atoms with van der Waals surface area (Å²) in [6.45, 7) is 15.9. The second-order valence-electron chi connectivity index (χ2n) is 9.99. The topological polar surface area (TPSA) is 45.7 Å². The highest BCUT2D eigenvalue weighted by atomic mass is 16.1. The van der Waals surface area contributed by atoms with Crippen molar-refractivity contribution < 1.29 is 0 Å². The zero-order chi connectivity index (χ0) is 24.0. The fraction of sp³-hybridized carbons (Fsp3) is 0.464. The lowest BCUT2D eigenvalue weighted by atomic mass is 9.96. The lowest BCUT2D eigenvalue weighted by Gasteiger charge is -2.48. The van der Waals surface area contributed by atoms with Gasteiger partial charge in [-0.15, -0.1) is 4.98 Å². The van der Waals surface area contributed by atoms with Gasteiger partial charge in [-0.1, -0.05) is 37.8 Å². The molecule has 6 heteroatoms. The summed E-state index contributed by atoms with van der Waals surface area (Å²) in [6, 6.07) is 15.4. The van der Waals surface area contributed by atoms with Gasteiger partial charge in [0.2, 0.25) is 5.52 Å². The Morgan fingerprint density at radius 2 is 1.82 bits per heavy atom. The van der Waals surface area contributed by atoms with Gasteiger partial charge in [0.25, 0.3) is 11.4 Å². The monoisotopic (exact) mass is 455 g/mol. The number of piperazine rings is 1. The molecule has 1 unspecified atom stereocenters. The van der Waals surface area contributed by atoms with Crippen LogP contribution in [0.15, 0.2) is 47.3 Å². The molecule has 0 spiro atoms. The van der Waals surface area contributed by atoms with Gasteiger partial charge in [0.15, 0.2) is 0 Å². The molecule has 1 saturated heterocycles. The van der Waals surface area contributed by atoms with E-state index in [4.69, 9.17) is 6.57 Å². The van der Waals surface area contributed by atoms with Crippen molar-refractivity contribution in [1.82, 2.24) is 14.5 Å². The predicted octanol–water partition coefficient (Wildman–Crippen LogP) is 5.41. The maximum atomic E-state index is 12.8. The van der Waals surface area contributed by atoms with Gasteiger partial charge in [0, 0.05) is 44.3 Å². The summed E-state index contributed by atoms with van der Waals surface area (Å²) in [5, 5.41) is 0. The fourth-order valence-electron chi connectivity index (χ4n) is 5.57. The molecule has 34 heavy (non-hydrogen) atoms. The van der Waals surface area contributed by atoms with Crippen LogP contribution >= 0.6 is 0 Å². The Kier molecular flexibility index (Phi) is 5.91. The smallest absolute Gasteiger partial charge is 0.270 e. The molecule has 3 aromatic rings. The van der Waals surface area contributed by atoms with Crippen LogP contribution in [0.4, 0.5) is 11.5 Å². The first-order chi connectivity index (χ1) is 16.4. The predicted molar refractivity (Wildman–Crippen MR) is 138 cm³/mol. The lowest BCUT2D eigenvalue weighted by Crippen LogP contribution is -2.57. The SMILES string of the molecule is [C-]#[N+]c1ccc2c(n1)c(N1C[C@@H](C)N(C(CC)c3ccc(C4CC4)cc3)C[C@@H]1C)cc(=O)n2C. The van der Waals surface area contributed by atoms with Crippen LogP contribution in [0.5, 0.6) is 0 Å². The second-order valence-corrected chi connectivity index (χ2v) is 9.99. The Morgan fingerprint density at radius 1 is 1.09 bits per heavy atom. The van der Waals surface area contributed by atoms with E-state index in [1.165, 1.54) is 24.0 Å². The Bertz CT molecular complexity index is 1300. The van der Waals surface area contributed by atoms with Gasteiger partial charge < -0.3 is 14.3 Å². The van der Waals surface area contributed by atoms with Gasteiger partial charge in [0.1, 0.15) is 0 Å². The largest absolute Gasteiger partial charge is 0.362 e. The van der Waals surface area contributed by atoms with E-state index in [1.54, 1.807) is 23.7 Å². The summed E-state index contributed by atoms with van der Waals surface area (Å²) in [4.78, 5) is 25.8. The van der Waals surface area contributed by atoms with E-state index in [9.17, 15) is 4.79 Å². The summed E-state index contributed by atoms with van der Waals surface area (Å²) in [5.41, 5.74) is 5.15. The molecular weight excluding hydrogens is 422 g/mol. The van der Waals surface area contributed by atoms with Crippen molar-refractivity contribution in [2.75, 3.05) is 18.0 Å². The first-order valence-electron chi connectivity index (χ1n) is 12.4. The minimum atomic E-state index is -0.0515. The van der Waals surface area contributed by atoms with Crippen LogP contribution < -0.4 is 10.5 Å². The molecule has 0 N–H and O–H groups in total. The number of anilines is 1. The lowest BCUT2D eigenvalue weighted by molar-refractivity contribution is 0.107. The molecule has 3 heterocycles. The number of aryl methyl sites for hydroxylation is 1. The highest BCUT2D eigenvalue weighted by Gasteiger charge is 2.35. The van der Waals surface area contributed by atoms with Crippen LogP contribution in [0.25, 0.3) is 15.9 Å². The van der Waals surface area contributed by atoms with E-state index in [0.717, 1.165) is 42.1 Å². The zero-order valence-electron chi connectivity index (χ0n) is 20.5. The maximum absolute atomic E-state index is 12.8. The molecule has 176 valence electrons. The molecule has 2 aromatic heterocycles. The third kappa shape index (κ3) is 3.99. The van der Waals surface area contributed by atoms with Crippen LogP contribution in [-0.2, 0) is 7.05 Å². The van der Waals surface area contributed by atoms with Crippen molar-refractivity contribution in [1.29, 1.82) is 0 Å². The molecule has 6 nitrogen and oxygen atoms in total. The summed E-state index contributed by atoms with van der Waals surface area (Å²) in [6.07, 6.45) is 3.72. The number of nitrogens with zero attached hydrogens (tertiary/aromatic N) is 5. The van der Waals surface area contributed by atoms with Crippen molar-refractivity contribution in [2.45, 2.75) is 64.1 Å². The molecular formula is C28H33N5O. The van der Waals surface area contributed by atoms with Crippen LogP contribution in [0.1, 0.15) is 63.1 Å². The van der Waals surface area contributed by atoms with E-state index in [-0.39, 0.29) is 11.6 Å². The molecule has 3 atom stereocenters. The third-order valence-corrected chi connectivity index (χ3v) is 7.67. The molecule has 0 bridgehead atoms. The quantitative estimate of drug-likeness (QED) is 0.483. The van der Waals surface area contributed by atoms with Gasteiger partial charge in [-0.3, -0.25) is 9.69 Å². The molecule has 2 fully saturated rings. The molecule has 1 aliphatic carbocycles. The van der Waals surface area contributed by atoms with Gasteiger partial charge in [-0.25, -0.2) is 0 Å². The molecule has 1 aromatic carbocycles. The summed E-state index contributed by atoms with van der Waals surface area (Å²) in [5.74, 6) is 1.13. The number of aromatic nitrogens is 2.